The average molecular weight is 280 g/mol. The summed E-state index contributed by atoms with van der Waals surface area (Å²) in [4.78, 5) is 12.1. The Kier molecular flexibility index (Phi) is 6.03. The number of nitrogens with zero attached hydrogens (tertiary/aromatic N) is 1. The van der Waals surface area contributed by atoms with Crippen molar-refractivity contribution >= 4 is 17.7 Å². The van der Waals surface area contributed by atoms with E-state index in [-0.39, 0.29) is 11.9 Å². The number of hydrogen-bond donors (Lipinski definition) is 1. The molecule has 1 amide bonds. The fraction of sp³-hybridized carbons (Fsp3) is 0.867. The third-order valence-electron chi connectivity index (χ3n) is 4.39. The summed E-state index contributed by atoms with van der Waals surface area (Å²) in [7, 11) is 0. The quantitative estimate of drug-likeness (QED) is 0.861. The molecule has 106 valence electrons. The second kappa shape index (κ2) is 7.79. The van der Waals surface area contributed by atoms with E-state index < -0.39 is 0 Å². The van der Waals surface area contributed by atoms with Crippen molar-refractivity contribution in [3.63, 3.8) is 0 Å². The maximum Gasteiger partial charge on any atom is 0.221 e. The first-order chi connectivity index (χ1) is 9.29. The van der Waals surface area contributed by atoms with E-state index in [2.05, 4.69) is 11.4 Å². The van der Waals surface area contributed by atoms with Crippen molar-refractivity contribution in [1.29, 1.82) is 5.26 Å². The predicted octanol–water partition coefficient (Wildman–Crippen LogP) is 3.11. The van der Waals surface area contributed by atoms with Crippen molar-refractivity contribution in [2.75, 3.05) is 11.5 Å². The van der Waals surface area contributed by atoms with Gasteiger partial charge in [-0.2, -0.15) is 17.0 Å². The number of nitriles is 1. The van der Waals surface area contributed by atoms with E-state index in [1.807, 2.05) is 11.8 Å². The topological polar surface area (TPSA) is 52.9 Å². The van der Waals surface area contributed by atoms with Crippen molar-refractivity contribution in [1.82, 2.24) is 5.32 Å². The SMILES string of the molecule is N#CC(NC(=O)CC1CCSCC1)C1CCCCC1. The third-order valence-corrected chi connectivity index (χ3v) is 5.44. The molecule has 1 atom stereocenters. The number of amides is 1. The Bertz CT molecular complexity index is 328. The summed E-state index contributed by atoms with van der Waals surface area (Å²) in [6, 6.07) is 2.05. The van der Waals surface area contributed by atoms with E-state index in [0.29, 0.717) is 18.3 Å². The Balaban J connectivity index is 1.77. The lowest BCUT2D eigenvalue weighted by Gasteiger charge is -2.27. The first-order valence-electron chi connectivity index (χ1n) is 7.56. The van der Waals surface area contributed by atoms with E-state index in [4.69, 9.17) is 0 Å². The molecule has 0 aromatic heterocycles. The minimum Gasteiger partial charge on any atom is -0.340 e. The van der Waals surface area contributed by atoms with Crippen LogP contribution >= 0.6 is 11.8 Å². The number of carbonyl (C=O) groups excluding carboxylic acids is 1. The molecule has 19 heavy (non-hydrogen) atoms. The second-order valence-corrected chi connectivity index (χ2v) is 7.06. The van der Waals surface area contributed by atoms with Crippen LogP contribution in [0.1, 0.15) is 51.4 Å². The van der Waals surface area contributed by atoms with Crippen molar-refractivity contribution in [2.24, 2.45) is 11.8 Å². The zero-order valence-electron chi connectivity index (χ0n) is 11.6. The van der Waals surface area contributed by atoms with Crippen LogP contribution in [0.25, 0.3) is 0 Å². The highest BCUT2D eigenvalue weighted by Gasteiger charge is 2.26. The van der Waals surface area contributed by atoms with Crippen LogP contribution in [-0.2, 0) is 4.79 Å². The van der Waals surface area contributed by atoms with Gasteiger partial charge in [0, 0.05) is 6.42 Å². The van der Waals surface area contributed by atoms with Gasteiger partial charge in [0.05, 0.1) is 6.07 Å². The van der Waals surface area contributed by atoms with E-state index in [9.17, 15) is 10.1 Å². The van der Waals surface area contributed by atoms with Crippen LogP contribution in [0.2, 0.25) is 0 Å². The van der Waals surface area contributed by atoms with Gasteiger partial charge in [-0.3, -0.25) is 4.79 Å². The van der Waals surface area contributed by atoms with Gasteiger partial charge in [0.15, 0.2) is 0 Å². The summed E-state index contributed by atoms with van der Waals surface area (Å²) in [5.74, 6) is 3.37. The fourth-order valence-electron chi connectivity index (χ4n) is 3.17. The summed E-state index contributed by atoms with van der Waals surface area (Å²) in [6.07, 6.45) is 8.81. The van der Waals surface area contributed by atoms with Crippen LogP contribution in [0.5, 0.6) is 0 Å². The van der Waals surface area contributed by atoms with Gasteiger partial charge in [-0.05, 0) is 49.0 Å². The first kappa shape index (κ1) is 14.7. The lowest BCUT2D eigenvalue weighted by Crippen LogP contribution is -2.40. The molecule has 4 heteroatoms. The normalized spacial score (nSPS) is 23.5. The molecular weight excluding hydrogens is 256 g/mol. The summed E-state index contributed by atoms with van der Waals surface area (Å²) < 4.78 is 0. The summed E-state index contributed by atoms with van der Waals surface area (Å²) in [5, 5.41) is 12.2. The second-order valence-electron chi connectivity index (χ2n) is 5.83. The maximum absolute atomic E-state index is 12.1. The molecule has 0 spiro atoms. The van der Waals surface area contributed by atoms with Crippen molar-refractivity contribution in [3.05, 3.63) is 0 Å². The van der Waals surface area contributed by atoms with Gasteiger partial charge in [0.25, 0.3) is 0 Å². The van der Waals surface area contributed by atoms with Gasteiger partial charge in [-0.1, -0.05) is 19.3 Å². The monoisotopic (exact) mass is 280 g/mol. The Morgan fingerprint density at radius 2 is 1.89 bits per heavy atom. The molecule has 2 aliphatic rings. The number of thioether (sulfide) groups is 1. The minimum absolute atomic E-state index is 0.0917. The number of carbonyl (C=O) groups is 1. The molecule has 1 saturated carbocycles. The minimum atomic E-state index is -0.259. The van der Waals surface area contributed by atoms with Crippen LogP contribution < -0.4 is 5.32 Å². The van der Waals surface area contributed by atoms with Crippen LogP contribution in [0.15, 0.2) is 0 Å². The molecule has 1 saturated heterocycles. The number of nitrogens with one attached hydrogen (secondary N) is 1. The van der Waals surface area contributed by atoms with Gasteiger partial charge in [0.2, 0.25) is 5.91 Å². The fourth-order valence-corrected chi connectivity index (χ4v) is 4.37. The van der Waals surface area contributed by atoms with Crippen LogP contribution in [0, 0.1) is 23.2 Å². The van der Waals surface area contributed by atoms with E-state index in [0.717, 1.165) is 25.7 Å². The predicted molar refractivity (Wildman–Crippen MR) is 78.8 cm³/mol. The van der Waals surface area contributed by atoms with E-state index in [1.54, 1.807) is 0 Å². The Morgan fingerprint density at radius 3 is 2.53 bits per heavy atom. The van der Waals surface area contributed by atoms with Gasteiger partial charge < -0.3 is 5.32 Å². The molecule has 2 rings (SSSR count). The highest BCUT2D eigenvalue weighted by Crippen LogP contribution is 2.27. The first-order valence-corrected chi connectivity index (χ1v) is 8.72. The summed E-state index contributed by atoms with van der Waals surface area (Å²) >= 11 is 1.98. The molecule has 3 nitrogen and oxygen atoms in total. The Labute approximate surface area is 120 Å². The standard InChI is InChI=1S/C15H24N2OS/c16-11-14(13-4-2-1-3-5-13)17-15(18)10-12-6-8-19-9-7-12/h12-14H,1-10H2,(H,17,18). The van der Waals surface area contributed by atoms with Gasteiger partial charge in [0.1, 0.15) is 6.04 Å². The van der Waals surface area contributed by atoms with Crippen molar-refractivity contribution in [2.45, 2.75) is 57.4 Å². The molecule has 1 N–H and O–H groups in total. The molecular formula is C15H24N2OS. The van der Waals surface area contributed by atoms with E-state index >= 15 is 0 Å². The molecule has 0 aromatic carbocycles. The van der Waals surface area contributed by atoms with Crippen molar-refractivity contribution in [3.8, 4) is 6.07 Å². The number of rotatable bonds is 4. The maximum atomic E-state index is 12.1. The average Bonchev–Trinajstić information content (AvgIpc) is 2.47. The molecule has 1 heterocycles. The lowest BCUT2D eigenvalue weighted by atomic mass is 9.84. The molecule has 1 unspecified atom stereocenters. The molecule has 2 fully saturated rings. The summed E-state index contributed by atoms with van der Waals surface area (Å²) in [5.41, 5.74) is 0. The highest BCUT2D eigenvalue weighted by molar-refractivity contribution is 7.99. The Morgan fingerprint density at radius 1 is 1.21 bits per heavy atom. The highest BCUT2D eigenvalue weighted by atomic mass is 32.2. The van der Waals surface area contributed by atoms with Crippen LogP contribution in [-0.4, -0.2) is 23.5 Å². The van der Waals surface area contributed by atoms with Crippen molar-refractivity contribution < 1.29 is 4.79 Å². The Hall–Kier alpha value is -0.690. The largest absolute Gasteiger partial charge is 0.340 e. The van der Waals surface area contributed by atoms with Crippen LogP contribution in [0.4, 0.5) is 0 Å². The molecule has 0 radical (unpaired) electrons. The third kappa shape index (κ3) is 4.72. The van der Waals surface area contributed by atoms with Gasteiger partial charge in [-0.25, -0.2) is 0 Å². The zero-order valence-corrected chi connectivity index (χ0v) is 12.4. The van der Waals surface area contributed by atoms with E-state index in [1.165, 1.54) is 30.8 Å². The number of hydrogen-bond acceptors (Lipinski definition) is 3. The molecule has 0 bridgehead atoms. The zero-order chi connectivity index (χ0) is 13.5. The molecule has 1 aliphatic heterocycles. The smallest absolute Gasteiger partial charge is 0.221 e. The van der Waals surface area contributed by atoms with Crippen LogP contribution in [0.3, 0.4) is 0 Å². The molecule has 1 aliphatic carbocycles. The van der Waals surface area contributed by atoms with Gasteiger partial charge in [-0.15, -0.1) is 0 Å². The van der Waals surface area contributed by atoms with Gasteiger partial charge >= 0.3 is 0 Å². The lowest BCUT2D eigenvalue weighted by molar-refractivity contribution is -0.122. The summed E-state index contributed by atoms with van der Waals surface area (Å²) in [6.45, 7) is 0. The molecule has 0 aromatic rings.